The molecule has 0 fully saturated rings. The van der Waals surface area contributed by atoms with Crippen LogP contribution in [0.2, 0.25) is 0 Å². The fourth-order valence-electron chi connectivity index (χ4n) is 8.82. The van der Waals surface area contributed by atoms with Gasteiger partial charge in [0.25, 0.3) is 0 Å². The quantitative estimate of drug-likeness (QED) is 0.148. The van der Waals surface area contributed by atoms with Crippen molar-refractivity contribution in [2.75, 3.05) is 4.90 Å². The van der Waals surface area contributed by atoms with E-state index >= 15 is 0 Å². The SMILES string of the molecule is c1ccc(-c2ccccc2-c2ccccc2-c2ccc(N(c3ccc(-c4cc(-c5ccccc5)c5ccccc5c4)cc3)c3cccc4c3sc3ccccc34)cc2)cc1. The minimum absolute atomic E-state index is 1.11. The Balaban J connectivity index is 1.03. The maximum absolute atomic E-state index is 2.43. The van der Waals surface area contributed by atoms with Gasteiger partial charge in [0, 0.05) is 26.8 Å². The van der Waals surface area contributed by atoms with Gasteiger partial charge in [-0.3, -0.25) is 0 Å². The van der Waals surface area contributed by atoms with Crippen LogP contribution in [0.5, 0.6) is 0 Å². The van der Waals surface area contributed by atoms with E-state index in [1.54, 1.807) is 0 Å². The van der Waals surface area contributed by atoms with Crippen LogP contribution in [0.1, 0.15) is 0 Å². The molecule has 0 aliphatic carbocycles. The summed E-state index contributed by atoms with van der Waals surface area (Å²) in [6.45, 7) is 0. The van der Waals surface area contributed by atoms with Gasteiger partial charge in [-0.25, -0.2) is 0 Å². The van der Waals surface area contributed by atoms with Crippen molar-refractivity contribution >= 4 is 59.3 Å². The number of hydrogen-bond acceptors (Lipinski definition) is 2. The molecule has 0 saturated heterocycles. The van der Waals surface area contributed by atoms with Gasteiger partial charge < -0.3 is 4.90 Å². The van der Waals surface area contributed by atoms with E-state index in [-0.39, 0.29) is 0 Å². The third-order valence-corrected chi connectivity index (χ3v) is 12.9. The lowest BCUT2D eigenvalue weighted by Crippen LogP contribution is -2.10. The highest BCUT2D eigenvalue weighted by atomic mass is 32.1. The Labute approximate surface area is 354 Å². The number of rotatable bonds is 8. The molecule has 282 valence electrons. The summed E-state index contributed by atoms with van der Waals surface area (Å²) >= 11 is 1.86. The highest BCUT2D eigenvalue weighted by Crippen LogP contribution is 2.46. The van der Waals surface area contributed by atoms with Gasteiger partial charge in [0.05, 0.1) is 10.4 Å². The standard InChI is InChI=1S/C58H39NS/c1-3-16-41(17-4-1)48-21-9-11-24-51(48)52-25-12-10-22-49(52)43-32-36-47(37-33-43)59(56-28-15-27-54-53-26-13-14-29-57(53)60-58(54)56)46-34-30-40(31-35-46)45-38-44-20-7-8-23-50(44)55(39-45)42-18-5-2-6-19-42/h1-39H. The summed E-state index contributed by atoms with van der Waals surface area (Å²) < 4.78 is 2.57. The van der Waals surface area contributed by atoms with Crippen LogP contribution in [0.4, 0.5) is 17.1 Å². The topological polar surface area (TPSA) is 3.24 Å². The van der Waals surface area contributed by atoms with Gasteiger partial charge in [0.1, 0.15) is 0 Å². The summed E-state index contributed by atoms with van der Waals surface area (Å²) in [5.41, 5.74) is 15.5. The van der Waals surface area contributed by atoms with Crippen LogP contribution in [0.3, 0.4) is 0 Å². The van der Waals surface area contributed by atoms with E-state index in [2.05, 4.69) is 241 Å². The molecule has 10 aromatic carbocycles. The second-order valence-corrected chi connectivity index (χ2v) is 16.3. The van der Waals surface area contributed by atoms with Crippen molar-refractivity contribution in [3.8, 4) is 55.6 Å². The molecule has 0 atom stereocenters. The molecular formula is C58H39NS. The molecule has 0 spiro atoms. The Kier molecular flexibility index (Phi) is 9.11. The number of fused-ring (bicyclic) bond motifs is 4. The smallest absolute Gasteiger partial charge is 0.0640 e. The van der Waals surface area contributed by atoms with Crippen molar-refractivity contribution in [2.45, 2.75) is 0 Å². The zero-order valence-corrected chi connectivity index (χ0v) is 33.7. The number of anilines is 3. The normalized spacial score (nSPS) is 11.3. The number of benzene rings is 10. The van der Waals surface area contributed by atoms with Crippen molar-refractivity contribution in [3.63, 3.8) is 0 Å². The predicted molar refractivity (Wildman–Crippen MR) is 259 cm³/mol. The minimum atomic E-state index is 1.11. The van der Waals surface area contributed by atoms with E-state index in [9.17, 15) is 0 Å². The summed E-state index contributed by atoms with van der Waals surface area (Å²) in [4.78, 5) is 2.43. The second kappa shape index (κ2) is 15.3. The summed E-state index contributed by atoms with van der Waals surface area (Å²) in [7, 11) is 0. The molecule has 60 heavy (non-hydrogen) atoms. The molecule has 0 radical (unpaired) electrons. The molecule has 11 aromatic rings. The fraction of sp³-hybridized carbons (Fsp3) is 0. The number of nitrogens with zero attached hydrogens (tertiary/aromatic N) is 1. The monoisotopic (exact) mass is 781 g/mol. The summed E-state index contributed by atoms with van der Waals surface area (Å²) in [5.74, 6) is 0. The molecule has 0 bridgehead atoms. The molecule has 1 aromatic heterocycles. The summed E-state index contributed by atoms with van der Waals surface area (Å²) in [6.07, 6.45) is 0. The van der Waals surface area contributed by atoms with Gasteiger partial charge in [-0.1, -0.05) is 188 Å². The van der Waals surface area contributed by atoms with Gasteiger partial charge in [-0.05, 0) is 115 Å². The third kappa shape index (κ3) is 6.44. The zero-order chi connectivity index (χ0) is 39.8. The van der Waals surface area contributed by atoms with Crippen molar-refractivity contribution in [1.82, 2.24) is 0 Å². The van der Waals surface area contributed by atoms with Crippen LogP contribution in [-0.4, -0.2) is 0 Å². The first kappa shape index (κ1) is 35.6. The van der Waals surface area contributed by atoms with Crippen LogP contribution in [0, 0.1) is 0 Å². The average Bonchev–Trinajstić information content (AvgIpc) is 3.72. The average molecular weight is 782 g/mol. The summed E-state index contributed by atoms with van der Waals surface area (Å²) in [5, 5.41) is 5.07. The molecule has 0 aliphatic rings. The van der Waals surface area contributed by atoms with Gasteiger partial charge in [0.2, 0.25) is 0 Å². The van der Waals surface area contributed by atoms with E-state index < -0.39 is 0 Å². The van der Waals surface area contributed by atoms with Gasteiger partial charge >= 0.3 is 0 Å². The van der Waals surface area contributed by atoms with Crippen LogP contribution in [0.25, 0.3) is 86.6 Å². The Morgan fingerprint density at radius 3 is 1.42 bits per heavy atom. The van der Waals surface area contributed by atoms with Crippen molar-refractivity contribution in [2.24, 2.45) is 0 Å². The molecule has 2 heteroatoms. The van der Waals surface area contributed by atoms with Crippen LogP contribution in [0.15, 0.2) is 237 Å². The van der Waals surface area contributed by atoms with Gasteiger partial charge in [0.15, 0.2) is 0 Å². The Morgan fingerprint density at radius 2 is 0.767 bits per heavy atom. The van der Waals surface area contributed by atoms with E-state index in [1.807, 2.05) is 11.3 Å². The predicted octanol–water partition coefficient (Wildman–Crippen LogP) is 17.0. The summed E-state index contributed by atoms with van der Waals surface area (Å²) in [6, 6.07) is 86.0. The van der Waals surface area contributed by atoms with E-state index in [4.69, 9.17) is 0 Å². The van der Waals surface area contributed by atoms with Gasteiger partial charge in [-0.2, -0.15) is 0 Å². The molecule has 0 aliphatic heterocycles. The lowest BCUT2D eigenvalue weighted by molar-refractivity contribution is 1.30. The first-order valence-corrected chi connectivity index (χ1v) is 21.3. The third-order valence-electron chi connectivity index (χ3n) is 11.7. The van der Waals surface area contributed by atoms with Gasteiger partial charge in [-0.15, -0.1) is 11.3 Å². The largest absolute Gasteiger partial charge is 0.309 e. The lowest BCUT2D eigenvalue weighted by atomic mass is 9.89. The first-order valence-electron chi connectivity index (χ1n) is 20.5. The molecule has 1 nitrogen and oxygen atoms in total. The van der Waals surface area contributed by atoms with Crippen LogP contribution in [-0.2, 0) is 0 Å². The van der Waals surface area contributed by atoms with Crippen molar-refractivity contribution in [1.29, 1.82) is 0 Å². The lowest BCUT2D eigenvalue weighted by Gasteiger charge is -2.26. The molecule has 0 N–H and O–H groups in total. The first-order chi connectivity index (χ1) is 29.8. The molecule has 11 rings (SSSR count). The molecule has 1 heterocycles. The second-order valence-electron chi connectivity index (χ2n) is 15.2. The maximum Gasteiger partial charge on any atom is 0.0640 e. The molecule has 0 unspecified atom stereocenters. The minimum Gasteiger partial charge on any atom is -0.309 e. The molecule has 0 saturated carbocycles. The Bertz CT molecular complexity index is 3290. The fourth-order valence-corrected chi connectivity index (χ4v) is 10.0. The van der Waals surface area contributed by atoms with Crippen LogP contribution < -0.4 is 4.90 Å². The maximum atomic E-state index is 2.43. The molecule has 0 amide bonds. The number of thiophene rings is 1. The highest BCUT2D eigenvalue weighted by Gasteiger charge is 2.20. The van der Waals surface area contributed by atoms with E-state index in [1.165, 1.54) is 92.3 Å². The van der Waals surface area contributed by atoms with Crippen LogP contribution >= 0.6 is 11.3 Å². The van der Waals surface area contributed by atoms with E-state index in [0.29, 0.717) is 0 Å². The zero-order valence-electron chi connectivity index (χ0n) is 32.9. The van der Waals surface area contributed by atoms with Crippen molar-refractivity contribution < 1.29 is 0 Å². The van der Waals surface area contributed by atoms with Crippen molar-refractivity contribution in [3.05, 3.63) is 237 Å². The molecular weight excluding hydrogens is 743 g/mol. The Morgan fingerprint density at radius 1 is 0.283 bits per heavy atom. The number of hydrogen-bond donors (Lipinski definition) is 0. The highest BCUT2D eigenvalue weighted by molar-refractivity contribution is 7.26. The Hall–Kier alpha value is -7.52. The van der Waals surface area contributed by atoms with E-state index in [0.717, 1.165) is 11.4 Å².